The van der Waals surface area contributed by atoms with E-state index in [-0.39, 0.29) is 11.9 Å². The maximum absolute atomic E-state index is 11.9. The molecule has 1 heterocycles. The molecular formula is C17H16N3O. The Morgan fingerprint density at radius 2 is 1.67 bits per heavy atom. The molecule has 3 rings (SSSR count). The third-order valence-corrected chi connectivity index (χ3v) is 3.56. The Hall–Kier alpha value is -2.62. The van der Waals surface area contributed by atoms with Crippen LogP contribution in [-0.4, -0.2) is 11.6 Å². The molecule has 0 spiro atoms. The van der Waals surface area contributed by atoms with Gasteiger partial charge in [-0.1, -0.05) is 60.7 Å². The van der Waals surface area contributed by atoms with E-state index in [9.17, 15) is 4.79 Å². The molecule has 2 unspecified atom stereocenters. The van der Waals surface area contributed by atoms with Crippen LogP contribution in [0.1, 0.15) is 17.2 Å². The molecule has 4 nitrogen and oxygen atoms in total. The smallest absolute Gasteiger partial charge is 0.228 e. The van der Waals surface area contributed by atoms with Crippen LogP contribution >= 0.6 is 0 Å². The molecule has 1 amide bonds. The van der Waals surface area contributed by atoms with Crippen LogP contribution in [0, 0.1) is 12.3 Å². The van der Waals surface area contributed by atoms with Crippen molar-refractivity contribution in [3.8, 4) is 0 Å². The molecule has 1 aliphatic rings. The molecule has 2 aromatic carbocycles. The first kappa shape index (κ1) is 13.4. The number of hydrogen-bond acceptors (Lipinski definition) is 3. The summed E-state index contributed by atoms with van der Waals surface area (Å²) in [4.78, 5) is 11.9. The number of rotatable bonds is 4. The van der Waals surface area contributed by atoms with E-state index in [1.54, 1.807) is 0 Å². The van der Waals surface area contributed by atoms with Gasteiger partial charge < -0.3 is 11.2 Å². The van der Waals surface area contributed by atoms with Crippen LogP contribution < -0.4 is 11.2 Å². The van der Waals surface area contributed by atoms with Crippen LogP contribution in [0.3, 0.4) is 0 Å². The van der Waals surface area contributed by atoms with E-state index in [0.29, 0.717) is 5.71 Å². The van der Waals surface area contributed by atoms with Crippen molar-refractivity contribution >= 4 is 11.6 Å². The highest BCUT2D eigenvalue weighted by Crippen LogP contribution is 2.29. The topological polar surface area (TPSA) is 67.5 Å². The van der Waals surface area contributed by atoms with Crippen molar-refractivity contribution in [2.45, 2.75) is 6.04 Å². The third kappa shape index (κ3) is 2.79. The maximum atomic E-state index is 11.9. The lowest BCUT2D eigenvalue weighted by Gasteiger charge is -2.18. The average molecular weight is 278 g/mol. The molecule has 0 saturated heterocycles. The molecule has 0 fully saturated rings. The monoisotopic (exact) mass is 278 g/mol. The number of carbonyl (C=O) groups excluding carboxylic acids is 1. The van der Waals surface area contributed by atoms with Gasteiger partial charge in [0.1, 0.15) is 5.92 Å². The Labute approximate surface area is 123 Å². The summed E-state index contributed by atoms with van der Waals surface area (Å²) in [7, 11) is 0. The van der Waals surface area contributed by atoms with E-state index in [2.05, 4.69) is 10.5 Å². The van der Waals surface area contributed by atoms with Crippen molar-refractivity contribution in [3.63, 3.8) is 0 Å². The zero-order valence-corrected chi connectivity index (χ0v) is 11.4. The van der Waals surface area contributed by atoms with E-state index in [4.69, 9.17) is 5.73 Å². The highest BCUT2D eigenvalue weighted by Gasteiger charge is 2.36. The fourth-order valence-corrected chi connectivity index (χ4v) is 2.54. The van der Waals surface area contributed by atoms with Gasteiger partial charge in [0.25, 0.3) is 0 Å². The van der Waals surface area contributed by atoms with Crippen molar-refractivity contribution in [2.75, 3.05) is 0 Å². The van der Waals surface area contributed by atoms with Gasteiger partial charge in [0.2, 0.25) is 5.91 Å². The fourth-order valence-electron chi connectivity index (χ4n) is 2.54. The fraction of sp³-hybridized carbons (Fsp3) is 0.118. The van der Waals surface area contributed by atoms with E-state index < -0.39 is 5.92 Å². The number of primary amides is 1. The van der Waals surface area contributed by atoms with Crippen LogP contribution in [0.25, 0.3) is 0 Å². The normalized spacial score (nSPS) is 20.7. The molecule has 0 bridgehead atoms. The van der Waals surface area contributed by atoms with Gasteiger partial charge in [-0.05, 0) is 11.1 Å². The molecule has 2 aromatic rings. The summed E-state index contributed by atoms with van der Waals surface area (Å²) in [5, 5.41) is 4.30. The molecule has 0 aromatic heterocycles. The average Bonchev–Trinajstić information content (AvgIpc) is 2.93. The number of hydrogen-bond donors (Lipinski definition) is 2. The molecule has 0 saturated carbocycles. The van der Waals surface area contributed by atoms with E-state index in [0.717, 1.165) is 11.1 Å². The molecule has 1 aliphatic heterocycles. The third-order valence-electron chi connectivity index (χ3n) is 3.56. The van der Waals surface area contributed by atoms with E-state index in [1.165, 1.54) is 0 Å². The van der Waals surface area contributed by atoms with Gasteiger partial charge in [0.05, 0.1) is 11.8 Å². The molecule has 2 atom stereocenters. The SMILES string of the molecule is NC(=O)C1C([CH]c2ccccc2)=NNC1c1ccccc1. The van der Waals surface area contributed by atoms with Crippen LogP contribution in [0.15, 0.2) is 65.8 Å². The summed E-state index contributed by atoms with van der Waals surface area (Å²) in [6.07, 6.45) is 1.89. The van der Waals surface area contributed by atoms with Gasteiger partial charge in [0, 0.05) is 6.42 Å². The Kier molecular flexibility index (Phi) is 3.69. The van der Waals surface area contributed by atoms with Crippen molar-refractivity contribution in [3.05, 3.63) is 78.2 Å². The van der Waals surface area contributed by atoms with Crippen molar-refractivity contribution in [1.82, 2.24) is 5.43 Å². The number of nitrogens with two attached hydrogens (primary N) is 1. The number of carbonyl (C=O) groups is 1. The Morgan fingerprint density at radius 1 is 1.05 bits per heavy atom. The highest BCUT2D eigenvalue weighted by molar-refractivity contribution is 6.11. The van der Waals surface area contributed by atoms with Gasteiger partial charge in [-0.25, -0.2) is 0 Å². The minimum Gasteiger partial charge on any atom is -0.369 e. The second-order valence-corrected chi connectivity index (χ2v) is 4.99. The van der Waals surface area contributed by atoms with Gasteiger partial charge in [-0.15, -0.1) is 0 Å². The van der Waals surface area contributed by atoms with Crippen LogP contribution in [0.4, 0.5) is 0 Å². The van der Waals surface area contributed by atoms with Crippen LogP contribution in [0.2, 0.25) is 0 Å². The largest absolute Gasteiger partial charge is 0.369 e. The Bertz CT molecular complexity index is 652. The summed E-state index contributed by atoms with van der Waals surface area (Å²) in [5.41, 5.74) is 11.3. The lowest BCUT2D eigenvalue weighted by atomic mass is 9.87. The number of nitrogens with one attached hydrogen (secondary N) is 1. The first-order valence-electron chi connectivity index (χ1n) is 6.83. The predicted molar refractivity (Wildman–Crippen MR) is 82.3 cm³/mol. The van der Waals surface area contributed by atoms with Crippen LogP contribution in [0.5, 0.6) is 0 Å². The molecule has 0 aliphatic carbocycles. The lowest BCUT2D eigenvalue weighted by molar-refractivity contribution is -0.120. The first-order chi connectivity index (χ1) is 10.3. The van der Waals surface area contributed by atoms with Crippen molar-refractivity contribution < 1.29 is 4.79 Å². The van der Waals surface area contributed by atoms with E-state index >= 15 is 0 Å². The van der Waals surface area contributed by atoms with Gasteiger partial charge in [-0.3, -0.25) is 4.79 Å². The summed E-state index contributed by atoms with van der Waals surface area (Å²) >= 11 is 0. The first-order valence-corrected chi connectivity index (χ1v) is 6.83. The highest BCUT2D eigenvalue weighted by atomic mass is 16.1. The Morgan fingerprint density at radius 3 is 2.29 bits per heavy atom. The zero-order valence-electron chi connectivity index (χ0n) is 11.4. The van der Waals surface area contributed by atoms with Crippen LogP contribution in [-0.2, 0) is 4.79 Å². The number of hydrazone groups is 1. The summed E-state index contributed by atoms with van der Waals surface area (Å²) in [6, 6.07) is 19.3. The molecule has 3 N–H and O–H groups in total. The zero-order chi connectivity index (χ0) is 14.7. The minimum atomic E-state index is -0.465. The minimum absolute atomic E-state index is 0.210. The summed E-state index contributed by atoms with van der Waals surface area (Å²) < 4.78 is 0. The van der Waals surface area contributed by atoms with Gasteiger partial charge in [0.15, 0.2) is 0 Å². The maximum Gasteiger partial charge on any atom is 0.228 e. The lowest BCUT2D eigenvalue weighted by Crippen LogP contribution is -2.34. The van der Waals surface area contributed by atoms with Gasteiger partial charge >= 0.3 is 0 Å². The molecule has 4 heteroatoms. The summed E-state index contributed by atoms with van der Waals surface area (Å²) in [5.74, 6) is -0.840. The van der Waals surface area contributed by atoms with Crippen molar-refractivity contribution in [1.29, 1.82) is 0 Å². The quantitative estimate of drug-likeness (QED) is 0.898. The van der Waals surface area contributed by atoms with Gasteiger partial charge in [-0.2, -0.15) is 5.10 Å². The number of amides is 1. The molecular weight excluding hydrogens is 262 g/mol. The number of benzene rings is 2. The van der Waals surface area contributed by atoms with Crippen molar-refractivity contribution in [2.24, 2.45) is 16.8 Å². The molecule has 1 radical (unpaired) electrons. The summed E-state index contributed by atoms with van der Waals surface area (Å²) in [6.45, 7) is 0. The Balaban J connectivity index is 1.84. The molecule has 105 valence electrons. The van der Waals surface area contributed by atoms with E-state index in [1.807, 2.05) is 67.1 Å². The molecule has 21 heavy (non-hydrogen) atoms. The standard InChI is InChI=1S/C17H16N3O/c18-17(21)15-14(11-12-7-3-1-4-8-12)19-20-16(15)13-9-5-2-6-10-13/h1-11,15-16,20H,(H2,18,21). The second-order valence-electron chi connectivity index (χ2n) is 4.99. The predicted octanol–water partition coefficient (Wildman–Crippen LogP) is 2.04. The number of nitrogens with zero attached hydrogens (tertiary/aromatic N) is 1. The second kappa shape index (κ2) is 5.79.